The predicted molar refractivity (Wildman–Crippen MR) is 97.8 cm³/mol. The minimum Gasteiger partial charge on any atom is -0.464 e. The number of hydrogen-bond acceptors (Lipinski definition) is 5. The molecule has 0 amide bonds. The van der Waals surface area contributed by atoms with Crippen LogP contribution in [0.25, 0.3) is 10.9 Å². The summed E-state index contributed by atoms with van der Waals surface area (Å²) < 4.78 is 10.9. The Balaban J connectivity index is 1.96. The molecule has 3 aromatic rings. The highest BCUT2D eigenvalue weighted by atomic mass is 35.5. The van der Waals surface area contributed by atoms with Crippen molar-refractivity contribution in [3.8, 4) is 6.07 Å². The first-order valence-corrected chi connectivity index (χ1v) is 8.30. The zero-order chi connectivity index (χ0) is 17.8. The third-order valence-corrected chi connectivity index (χ3v) is 4.16. The molecule has 3 rings (SSSR count). The van der Waals surface area contributed by atoms with Gasteiger partial charge in [0.25, 0.3) is 0 Å². The van der Waals surface area contributed by atoms with Crippen molar-refractivity contribution in [1.82, 2.24) is 4.98 Å². The van der Waals surface area contributed by atoms with Crippen molar-refractivity contribution in [2.24, 2.45) is 0 Å². The Bertz CT molecular complexity index is 930. The fourth-order valence-corrected chi connectivity index (χ4v) is 2.88. The number of anilines is 1. The molecule has 2 aromatic heterocycles. The van der Waals surface area contributed by atoms with E-state index in [1.54, 1.807) is 25.3 Å². The van der Waals surface area contributed by atoms with Gasteiger partial charge in [0.1, 0.15) is 17.3 Å². The van der Waals surface area contributed by atoms with E-state index in [4.69, 9.17) is 20.8 Å². The number of pyridine rings is 1. The number of rotatable bonds is 6. The minimum atomic E-state index is -0.0996. The average Bonchev–Trinajstić information content (AvgIpc) is 3.04. The number of nitrogens with zero attached hydrogens (tertiary/aromatic N) is 2. The van der Waals surface area contributed by atoms with Crippen molar-refractivity contribution >= 4 is 28.3 Å². The summed E-state index contributed by atoms with van der Waals surface area (Å²) in [5.74, 6) is 2.27. The summed E-state index contributed by atoms with van der Waals surface area (Å²) in [6.07, 6.45) is 0.714. The molecule has 1 aromatic carbocycles. The second-order valence-electron chi connectivity index (χ2n) is 5.76. The SMILES string of the molecule is COCC[C@@H](Nc1cc(C#N)c2cc(Cl)ccc2n1)c1ccc(C)o1. The van der Waals surface area contributed by atoms with Crippen molar-refractivity contribution in [3.63, 3.8) is 0 Å². The van der Waals surface area contributed by atoms with Gasteiger partial charge in [-0.3, -0.25) is 0 Å². The Hall–Kier alpha value is -2.55. The molecule has 6 heteroatoms. The van der Waals surface area contributed by atoms with Gasteiger partial charge in [-0.05, 0) is 49.7 Å². The maximum Gasteiger partial charge on any atom is 0.128 e. The maximum atomic E-state index is 9.46. The van der Waals surface area contributed by atoms with Crippen LogP contribution >= 0.6 is 11.6 Å². The minimum absolute atomic E-state index is 0.0996. The number of furan rings is 1. The van der Waals surface area contributed by atoms with E-state index in [1.807, 2.05) is 25.1 Å². The summed E-state index contributed by atoms with van der Waals surface area (Å²) >= 11 is 6.03. The van der Waals surface area contributed by atoms with E-state index >= 15 is 0 Å². The largest absolute Gasteiger partial charge is 0.464 e. The van der Waals surface area contributed by atoms with Crippen LogP contribution in [0.15, 0.2) is 40.8 Å². The van der Waals surface area contributed by atoms with E-state index in [1.165, 1.54) is 0 Å². The summed E-state index contributed by atoms with van der Waals surface area (Å²) in [6, 6.07) is 13.0. The summed E-state index contributed by atoms with van der Waals surface area (Å²) in [7, 11) is 1.66. The quantitative estimate of drug-likeness (QED) is 0.684. The molecule has 0 fully saturated rings. The summed E-state index contributed by atoms with van der Waals surface area (Å²) in [5.41, 5.74) is 1.24. The third kappa shape index (κ3) is 3.93. The molecule has 0 saturated carbocycles. The fraction of sp³-hybridized carbons (Fsp3) is 0.263. The Morgan fingerprint density at radius 2 is 2.16 bits per heavy atom. The van der Waals surface area contributed by atoms with Gasteiger partial charge in [0, 0.05) is 24.1 Å². The van der Waals surface area contributed by atoms with E-state index in [0.717, 1.165) is 16.9 Å². The Kier molecular flexibility index (Phi) is 5.22. The molecule has 0 radical (unpaired) electrons. The first-order chi connectivity index (χ1) is 12.1. The Labute approximate surface area is 151 Å². The molecule has 25 heavy (non-hydrogen) atoms. The van der Waals surface area contributed by atoms with Crippen LogP contribution in [0.4, 0.5) is 5.82 Å². The number of aryl methyl sites for hydroxylation is 1. The molecule has 128 valence electrons. The molecule has 0 aliphatic rings. The topological polar surface area (TPSA) is 71.1 Å². The van der Waals surface area contributed by atoms with Gasteiger partial charge < -0.3 is 14.5 Å². The fourth-order valence-electron chi connectivity index (χ4n) is 2.70. The lowest BCUT2D eigenvalue weighted by Crippen LogP contribution is -2.13. The van der Waals surface area contributed by atoms with Crippen molar-refractivity contribution in [2.75, 3.05) is 19.0 Å². The zero-order valence-electron chi connectivity index (χ0n) is 14.0. The van der Waals surface area contributed by atoms with Crippen LogP contribution in [0, 0.1) is 18.3 Å². The van der Waals surface area contributed by atoms with Crippen molar-refractivity contribution in [3.05, 3.63) is 58.5 Å². The number of benzene rings is 1. The monoisotopic (exact) mass is 355 g/mol. The van der Waals surface area contributed by atoms with E-state index in [0.29, 0.717) is 34.9 Å². The molecular formula is C19H18ClN3O2. The lowest BCUT2D eigenvalue weighted by molar-refractivity contribution is 0.187. The lowest BCUT2D eigenvalue weighted by atomic mass is 10.1. The standard InChI is InChI=1S/C19H18ClN3O2/c1-12-3-6-18(25-12)17(7-8-24-2)23-19-9-13(11-21)15-10-14(20)4-5-16(15)22-19/h3-6,9-10,17H,7-8H2,1-2H3,(H,22,23)/t17-/m1/s1. The molecule has 0 bridgehead atoms. The van der Waals surface area contributed by atoms with Crippen LogP contribution in [-0.2, 0) is 4.74 Å². The lowest BCUT2D eigenvalue weighted by Gasteiger charge is -2.17. The van der Waals surface area contributed by atoms with Gasteiger partial charge in [0.05, 0.1) is 23.2 Å². The number of ether oxygens (including phenoxy) is 1. The third-order valence-electron chi connectivity index (χ3n) is 3.93. The molecule has 0 saturated heterocycles. The molecule has 5 nitrogen and oxygen atoms in total. The molecule has 0 spiro atoms. The van der Waals surface area contributed by atoms with Crippen LogP contribution in [-0.4, -0.2) is 18.7 Å². The Morgan fingerprint density at radius 3 is 2.84 bits per heavy atom. The molecule has 1 atom stereocenters. The summed E-state index contributed by atoms with van der Waals surface area (Å²) in [6.45, 7) is 2.48. The number of fused-ring (bicyclic) bond motifs is 1. The van der Waals surface area contributed by atoms with Gasteiger partial charge in [0.2, 0.25) is 0 Å². The molecular weight excluding hydrogens is 338 g/mol. The number of methoxy groups -OCH3 is 1. The first-order valence-electron chi connectivity index (χ1n) is 7.93. The molecule has 2 heterocycles. The van der Waals surface area contributed by atoms with Gasteiger partial charge in [0.15, 0.2) is 0 Å². The molecule has 0 aliphatic heterocycles. The maximum absolute atomic E-state index is 9.46. The average molecular weight is 356 g/mol. The summed E-state index contributed by atoms with van der Waals surface area (Å²) in [5, 5.41) is 14.1. The van der Waals surface area contributed by atoms with Crippen molar-refractivity contribution < 1.29 is 9.15 Å². The predicted octanol–water partition coefficient (Wildman–Crippen LogP) is 4.85. The number of halogens is 1. The van der Waals surface area contributed by atoms with Gasteiger partial charge in [-0.15, -0.1) is 0 Å². The highest BCUT2D eigenvalue weighted by molar-refractivity contribution is 6.31. The van der Waals surface area contributed by atoms with E-state index in [-0.39, 0.29) is 6.04 Å². The van der Waals surface area contributed by atoms with Gasteiger partial charge in [-0.25, -0.2) is 4.98 Å². The highest BCUT2D eigenvalue weighted by Gasteiger charge is 2.17. The van der Waals surface area contributed by atoms with Gasteiger partial charge in [-0.1, -0.05) is 11.6 Å². The van der Waals surface area contributed by atoms with Crippen molar-refractivity contribution in [1.29, 1.82) is 5.26 Å². The Morgan fingerprint density at radius 1 is 1.32 bits per heavy atom. The molecule has 0 aliphatic carbocycles. The van der Waals surface area contributed by atoms with Crippen LogP contribution in [0.1, 0.15) is 29.5 Å². The second kappa shape index (κ2) is 7.56. The first kappa shape index (κ1) is 17.3. The van der Waals surface area contributed by atoms with Crippen LogP contribution in [0.5, 0.6) is 0 Å². The van der Waals surface area contributed by atoms with E-state index in [9.17, 15) is 5.26 Å². The van der Waals surface area contributed by atoms with Crippen LogP contribution in [0.3, 0.4) is 0 Å². The van der Waals surface area contributed by atoms with Crippen molar-refractivity contribution in [2.45, 2.75) is 19.4 Å². The number of nitriles is 1. The molecule has 0 unspecified atom stereocenters. The van der Waals surface area contributed by atoms with E-state index < -0.39 is 0 Å². The number of hydrogen-bond donors (Lipinski definition) is 1. The van der Waals surface area contributed by atoms with Gasteiger partial charge >= 0.3 is 0 Å². The van der Waals surface area contributed by atoms with Crippen LogP contribution < -0.4 is 5.32 Å². The number of aromatic nitrogens is 1. The van der Waals surface area contributed by atoms with E-state index in [2.05, 4.69) is 16.4 Å². The highest BCUT2D eigenvalue weighted by Crippen LogP contribution is 2.28. The zero-order valence-corrected chi connectivity index (χ0v) is 14.8. The van der Waals surface area contributed by atoms with Gasteiger partial charge in [-0.2, -0.15) is 5.26 Å². The normalized spacial score (nSPS) is 12.1. The smallest absolute Gasteiger partial charge is 0.128 e. The summed E-state index contributed by atoms with van der Waals surface area (Å²) in [4.78, 5) is 4.60. The molecule has 1 N–H and O–H groups in total. The second-order valence-corrected chi connectivity index (χ2v) is 6.19. The van der Waals surface area contributed by atoms with Crippen LogP contribution in [0.2, 0.25) is 5.02 Å². The number of nitrogens with one attached hydrogen (secondary N) is 1.